The first kappa shape index (κ1) is 27.0. The molecule has 0 radical (unpaired) electrons. The first-order valence-electron chi connectivity index (χ1n) is 12.9. The van der Waals surface area contributed by atoms with Crippen LogP contribution in [-0.2, 0) is 0 Å². The van der Waals surface area contributed by atoms with E-state index in [4.69, 9.17) is 23.8 Å². The van der Waals surface area contributed by atoms with Crippen LogP contribution >= 0.6 is 35.6 Å². The molecule has 41 heavy (non-hydrogen) atoms. The fourth-order valence-electron chi connectivity index (χ4n) is 5.03. The standard InChI is InChI=1S/C31H24ClN5O2S2/c1-20-19-23(11-16-26(20)32)35-18-4-6-28(35)30-29(27-5-2-3-17-33-27)34-31(40)36(30)21-7-12-24(13-8-21)41-25-14-9-22(10-15-25)37(38)39/h2-19,29-30H,1H3,(H,34,40)/t29-,30+/m1/s1. The van der Waals surface area contributed by atoms with E-state index in [1.807, 2.05) is 55.5 Å². The predicted octanol–water partition coefficient (Wildman–Crippen LogP) is 8.07. The van der Waals surface area contributed by atoms with Crippen molar-refractivity contribution in [3.05, 3.63) is 142 Å². The number of pyridine rings is 1. The fourth-order valence-corrected chi connectivity index (χ4v) is 6.31. The molecular weight excluding hydrogens is 574 g/mol. The van der Waals surface area contributed by atoms with E-state index in [0.29, 0.717) is 5.11 Å². The van der Waals surface area contributed by atoms with Gasteiger partial charge in [-0.25, -0.2) is 0 Å². The van der Waals surface area contributed by atoms with Crippen molar-refractivity contribution < 1.29 is 4.92 Å². The number of nitrogens with zero attached hydrogens (tertiary/aromatic N) is 4. The van der Waals surface area contributed by atoms with Crippen LogP contribution in [0.25, 0.3) is 5.69 Å². The van der Waals surface area contributed by atoms with Crippen molar-refractivity contribution in [1.82, 2.24) is 14.9 Å². The quantitative estimate of drug-likeness (QED) is 0.115. The van der Waals surface area contributed by atoms with Crippen LogP contribution in [0.15, 0.2) is 119 Å². The second-order valence-electron chi connectivity index (χ2n) is 9.58. The van der Waals surface area contributed by atoms with Gasteiger partial charge in [-0.2, -0.15) is 0 Å². The van der Waals surface area contributed by atoms with Crippen LogP contribution in [-0.4, -0.2) is 19.6 Å². The van der Waals surface area contributed by atoms with E-state index in [0.717, 1.165) is 43.1 Å². The molecule has 1 N–H and O–H groups in total. The number of halogens is 1. The molecule has 0 bridgehead atoms. The van der Waals surface area contributed by atoms with Gasteiger partial charge in [0.25, 0.3) is 5.69 Å². The molecule has 0 spiro atoms. The second-order valence-corrected chi connectivity index (χ2v) is 11.5. The molecule has 0 saturated carbocycles. The molecule has 0 aliphatic carbocycles. The predicted molar refractivity (Wildman–Crippen MR) is 167 cm³/mol. The number of nitro groups is 1. The van der Waals surface area contributed by atoms with E-state index in [1.165, 1.54) is 12.1 Å². The number of anilines is 1. The maximum Gasteiger partial charge on any atom is 0.269 e. The summed E-state index contributed by atoms with van der Waals surface area (Å²) in [6.07, 6.45) is 3.85. The van der Waals surface area contributed by atoms with E-state index in [1.54, 1.807) is 30.1 Å². The van der Waals surface area contributed by atoms with Gasteiger partial charge in [-0.15, -0.1) is 0 Å². The largest absolute Gasteiger partial charge is 0.351 e. The first-order valence-corrected chi connectivity index (χ1v) is 14.5. The van der Waals surface area contributed by atoms with Crippen molar-refractivity contribution in [3.63, 3.8) is 0 Å². The topological polar surface area (TPSA) is 76.2 Å². The zero-order valence-electron chi connectivity index (χ0n) is 21.8. The van der Waals surface area contributed by atoms with E-state index >= 15 is 0 Å². The maximum absolute atomic E-state index is 11.0. The number of aryl methyl sites for hydroxylation is 1. The molecule has 1 aliphatic rings. The molecule has 1 saturated heterocycles. The highest BCUT2D eigenvalue weighted by molar-refractivity contribution is 7.99. The Bertz CT molecular complexity index is 1730. The lowest BCUT2D eigenvalue weighted by molar-refractivity contribution is -0.384. The van der Waals surface area contributed by atoms with Crippen LogP contribution in [0.3, 0.4) is 0 Å². The Balaban J connectivity index is 1.36. The van der Waals surface area contributed by atoms with E-state index in [2.05, 4.69) is 50.2 Å². The van der Waals surface area contributed by atoms with Gasteiger partial charge in [0.2, 0.25) is 0 Å². The molecule has 204 valence electrons. The van der Waals surface area contributed by atoms with Crippen molar-refractivity contribution in [2.45, 2.75) is 28.8 Å². The molecule has 1 aliphatic heterocycles. The zero-order valence-corrected chi connectivity index (χ0v) is 24.2. The molecule has 10 heteroatoms. The normalized spacial score (nSPS) is 16.5. The molecule has 7 nitrogen and oxygen atoms in total. The third-order valence-electron chi connectivity index (χ3n) is 7.00. The zero-order chi connectivity index (χ0) is 28.5. The number of non-ortho nitro benzene ring substituents is 1. The number of hydrogen-bond acceptors (Lipinski definition) is 5. The number of thiocarbonyl (C=S) groups is 1. The minimum absolute atomic E-state index is 0.0757. The first-order chi connectivity index (χ1) is 19.9. The van der Waals surface area contributed by atoms with Crippen LogP contribution < -0.4 is 10.2 Å². The van der Waals surface area contributed by atoms with Crippen molar-refractivity contribution in [1.29, 1.82) is 0 Å². The third kappa shape index (κ3) is 5.44. The maximum atomic E-state index is 11.0. The highest BCUT2D eigenvalue weighted by atomic mass is 35.5. The fraction of sp³-hybridized carbons (Fsp3) is 0.0968. The molecule has 5 aromatic rings. The summed E-state index contributed by atoms with van der Waals surface area (Å²) in [4.78, 5) is 19.3. The van der Waals surface area contributed by atoms with Crippen LogP contribution in [0.1, 0.15) is 29.0 Å². The molecule has 1 fully saturated rings. The summed E-state index contributed by atoms with van der Waals surface area (Å²) in [7, 11) is 0. The number of nitro benzene ring substituents is 1. The number of hydrogen-bond donors (Lipinski definition) is 1. The summed E-state index contributed by atoms with van der Waals surface area (Å²) < 4.78 is 2.17. The van der Waals surface area contributed by atoms with Crippen molar-refractivity contribution in [3.8, 4) is 5.69 Å². The SMILES string of the molecule is Cc1cc(-n2cccc2[C@H]2[C@@H](c3ccccn3)NC(=S)N2c2ccc(Sc3ccc([N+](=O)[O-])cc3)cc2)ccc1Cl. The lowest BCUT2D eigenvalue weighted by Gasteiger charge is -2.29. The molecular formula is C31H24ClN5O2S2. The summed E-state index contributed by atoms with van der Waals surface area (Å²) in [5, 5.41) is 15.8. The number of aromatic nitrogens is 2. The molecule has 0 unspecified atom stereocenters. The summed E-state index contributed by atoms with van der Waals surface area (Å²) in [6, 6.07) is 30.5. The van der Waals surface area contributed by atoms with E-state index in [-0.39, 0.29) is 17.8 Å². The van der Waals surface area contributed by atoms with Crippen molar-refractivity contribution >= 4 is 52.1 Å². The van der Waals surface area contributed by atoms with E-state index < -0.39 is 4.92 Å². The van der Waals surface area contributed by atoms with Gasteiger partial charge in [-0.1, -0.05) is 29.4 Å². The lowest BCUT2D eigenvalue weighted by atomic mass is 10.0. The van der Waals surface area contributed by atoms with Crippen molar-refractivity contribution in [2.24, 2.45) is 0 Å². The van der Waals surface area contributed by atoms with Gasteiger partial charge in [0, 0.05) is 56.4 Å². The van der Waals surface area contributed by atoms with Crippen LogP contribution in [0.2, 0.25) is 5.02 Å². The third-order valence-corrected chi connectivity index (χ3v) is 8.75. The average Bonchev–Trinajstić information content (AvgIpc) is 3.60. The Morgan fingerprint density at radius 1 is 0.951 bits per heavy atom. The number of rotatable bonds is 7. The van der Waals surface area contributed by atoms with Gasteiger partial charge < -0.3 is 14.8 Å². The minimum Gasteiger partial charge on any atom is -0.351 e. The smallest absolute Gasteiger partial charge is 0.269 e. The van der Waals surface area contributed by atoms with Crippen LogP contribution in [0, 0.1) is 17.0 Å². The molecule has 2 aromatic heterocycles. The average molecular weight is 598 g/mol. The van der Waals surface area contributed by atoms with Gasteiger partial charge >= 0.3 is 0 Å². The number of benzene rings is 3. The highest BCUT2D eigenvalue weighted by Crippen LogP contribution is 2.43. The van der Waals surface area contributed by atoms with Crippen LogP contribution in [0.5, 0.6) is 0 Å². The second kappa shape index (κ2) is 11.4. The monoisotopic (exact) mass is 597 g/mol. The summed E-state index contributed by atoms with van der Waals surface area (Å²) in [5.41, 5.74) is 4.99. The van der Waals surface area contributed by atoms with Gasteiger partial charge in [0.05, 0.1) is 16.7 Å². The number of nitrogens with one attached hydrogen (secondary N) is 1. The Hall–Kier alpha value is -4.18. The Kier molecular flexibility index (Phi) is 7.49. The van der Waals surface area contributed by atoms with Gasteiger partial charge in [-0.05, 0) is 104 Å². The molecule has 3 heterocycles. The summed E-state index contributed by atoms with van der Waals surface area (Å²) in [6.45, 7) is 2.00. The van der Waals surface area contributed by atoms with Crippen LogP contribution in [0.4, 0.5) is 11.4 Å². The van der Waals surface area contributed by atoms with Gasteiger partial charge in [0.1, 0.15) is 6.04 Å². The molecule has 3 aromatic carbocycles. The minimum atomic E-state index is -0.393. The van der Waals surface area contributed by atoms with Gasteiger partial charge in [-0.3, -0.25) is 15.1 Å². The Labute approximate surface area is 252 Å². The molecule has 0 amide bonds. The van der Waals surface area contributed by atoms with Gasteiger partial charge in [0.15, 0.2) is 5.11 Å². The molecule has 6 rings (SSSR count). The van der Waals surface area contributed by atoms with Crippen molar-refractivity contribution in [2.75, 3.05) is 4.90 Å². The van der Waals surface area contributed by atoms with E-state index in [9.17, 15) is 10.1 Å². The molecule has 2 atom stereocenters. The Morgan fingerprint density at radius 3 is 2.32 bits per heavy atom. The Morgan fingerprint density at radius 2 is 1.66 bits per heavy atom. The summed E-state index contributed by atoms with van der Waals surface area (Å²) >= 11 is 13.8. The lowest BCUT2D eigenvalue weighted by Crippen LogP contribution is -2.30. The highest BCUT2D eigenvalue weighted by Gasteiger charge is 2.42. The summed E-state index contributed by atoms with van der Waals surface area (Å²) in [5.74, 6) is 0.